The summed E-state index contributed by atoms with van der Waals surface area (Å²) in [6, 6.07) is 0. The van der Waals surface area contributed by atoms with E-state index in [1.165, 1.54) is 25.7 Å². The molecular weight excluding hydrogens is 226 g/mol. The maximum atomic E-state index is 5.82. The molecule has 18 heavy (non-hydrogen) atoms. The fraction of sp³-hybridized carbons (Fsp3) is 0.714. The number of ether oxygens (including phenoxy) is 1. The van der Waals surface area contributed by atoms with Gasteiger partial charge in [0, 0.05) is 24.4 Å². The third-order valence-electron chi connectivity index (χ3n) is 3.61. The number of hydrogen-bond donors (Lipinski definition) is 1. The SMILES string of the molecule is Cc1ncnc(NCCCOC2CCCC2)c1C. The summed E-state index contributed by atoms with van der Waals surface area (Å²) < 4.78 is 5.82. The zero-order chi connectivity index (χ0) is 12.8. The van der Waals surface area contributed by atoms with E-state index in [1.54, 1.807) is 6.33 Å². The first kappa shape index (κ1) is 13.3. The summed E-state index contributed by atoms with van der Waals surface area (Å²) in [6.07, 6.45) is 8.33. The molecule has 0 saturated heterocycles. The summed E-state index contributed by atoms with van der Waals surface area (Å²) in [4.78, 5) is 8.41. The molecule has 4 heteroatoms. The third-order valence-corrected chi connectivity index (χ3v) is 3.61. The number of nitrogens with one attached hydrogen (secondary N) is 1. The molecule has 2 rings (SSSR count). The van der Waals surface area contributed by atoms with Gasteiger partial charge in [-0.2, -0.15) is 0 Å². The topological polar surface area (TPSA) is 47.0 Å². The van der Waals surface area contributed by atoms with Gasteiger partial charge in [0.1, 0.15) is 12.1 Å². The highest BCUT2D eigenvalue weighted by atomic mass is 16.5. The monoisotopic (exact) mass is 249 g/mol. The Hall–Kier alpha value is -1.16. The lowest BCUT2D eigenvalue weighted by Gasteiger charge is -2.12. The van der Waals surface area contributed by atoms with Crippen molar-refractivity contribution < 1.29 is 4.74 Å². The van der Waals surface area contributed by atoms with Gasteiger partial charge in [-0.05, 0) is 33.1 Å². The Labute approximate surface area is 109 Å². The molecule has 1 heterocycles. The van der Waals surface area contributed by atoms with E-state index >= 15 is 0 Å². The van der Waals surface area contributed by atoms with Gasteiger partial charge in [0.15, 0.2) is 0 Å². The van der Waals surface area contributed by atoms with E-state index in [0.29, 0.717) is 6.10 Å². The standard InChI is InChI=1S/C14H23N3O/c1-11-12(2)16-10-17-14(11)15-8-5-9-18-13-6-3-4-7-13/h10,13H,3-9H2,1-2H3,(H,15,16,17). The Balaban J connectivity index is 1.64. The molecule has 0 atom stereocenters. The fourth-order valence-corrected chi connectivity index (χ4v) is 2.30. The first-order valence-electron chi connectivity index (χ1n) is 6.91. The smallest absolute Gasteiger partial charge is 0.132 e. The maximum Gasteiger partial charge on any atom is 0.132 e. The molecular formula is C14H23N3O. The van der Waals surface area contributed by atoms with E-state index in [4.69, 9.17) is 4.74 Å². The van der Waals surface area contributed by atoms with Gasteiger partial charge >= 0.3 is 0 Å². The molecule has 0 aromatic carbocycles. The molecule has 0 bridgehead atoms. The number of aromatic nitrogens is 2. The second-order valence-electron chi connectivity index (χ2n) is 4.99. The molecule has 1 saturated carbocycles. The van der Waals surface area contributed by atoms with E-state index in [1.807, 2.05) is 13.8 Å². The Morgan fingerprint density at radius 3 is 2.83 bits per heavy atom. The van der Waals surface area contributed by atoms with E-state index in [0.717, 1.165) is 36.6 Å². The lowest BCUT2D eigenvalue weighted by atomic mass is 10.2. The summed E-state index contributed by atoms with van der Waals surface area (Å²) in [6.45, 7) is 5.81. The lowest BCUT2D eigenvalue weighted by Crippen LogP contribution is -2.13. The molecule has 4 nitrogen and oxygen atoms in total. The minimum Gasteiger partial charge on any atom is -0.378 e. The van der Waals surface area contributed by atoms with Gasteiger partial charge in [-0.25, -0.2) is 9.97 Å². The molecule has 1 N–H and O–H groups in total. The second-order valence-corrected chi connectivity index (χ2v) is 4.99. The first-order valence-corrected chi connectivity index (χ1v) is 6.91. The molecule has 1 aliphatic carbocycles. The summed E-state index contributed by atoms with van der Waals surface area (Å²) in [5.41, 5.74) is 2.17. The number of anilines is 1. The predicted molar refractivity (Wildman–Crippen MR) is 72.8 cm³/mol. The highest BCUT2D eigenvalue weighted by Crippen LogP contribution is 2.20. The highest BCUT2D eigenvalue weighted by Gasteiger charge is 2.14. The summed E-state index contributed by atoms with van der Waals surface area (Å²) in [5.74, 6) is 0.948. The van der Waals surface area contributed by atoms with Crippen molar-refractivity contribution in [3.05, 3.63) is 17.6 Å². The Bertz CT molecular complexity index is 375. The quantitative estimate of drug-likeness (QED) is 0.787. The van der Waals surface area contributed by atoms with Crippen molar-refractivity contribution in [2.45, 2.75) is 52.1 Å². The van der Waals surface area contributed by atoms with Crippen molar-refractivity contribution >= 4 is 5.82 Å². The molecule has 100 valence electrons. The zero-order valence-corrected chi connectivity index (χ0v) is 11.4. The van der Waals surface area contributed by atoms with Crippen LogP contribution in [0.5, 0.6) is 0 Å². The van der Waals surface area contributed by atoms with E-state index in [-0.39, 0.29) is 0 Å². The number of rotatable bonds is 6. The van der Waals surface area contributed by atoms with Crippen molar-refractivity contribution in [1.29, 1.82) is 0 Å². The highest BCUT2D eigenvalue weighted by molar-refractivity contribution is 5.44. The second kappa shape index (κ2) is 6.69. The van der Waals surface area contributed by atoms with E-state index in [9.17, 15) is 0 Å². The molecule has 0 unspecified atom stereocenters. The average Bonchev–Trinajstić information content (AvgIpc) is 2.87. The Kier molecular flexibility index (Phi) is 4.93. The molecule has 0 amide bonds. The number of hydrogen-bond acceptors (Lipinski definition) is 4. The Morgan fingerprint density at radius 1 is 1.28 bits per heavy atom. The van der Waals surface area contributed by atoms with Crippen molar-refractivity contribution in [2.24, 2.45) is 0 Å². The van der Waals surface area contributed by atoms with Crippen LogP contribution in [0.15, 0.2) is 6.33 Å². The van der Waals surface area contributed by atoms with Gasteiger partial charge in [-0.15, -0.1) is 0 Å². The summed E-state index contributed by atoms with van der Waals surface area (Å²) in [5, 5.41) is 3.35. The van der Waals surface area contributed by atoms with Crippen LogP contribution in [0, 0.1) is 13.8 Å². The van der Waals surface area contributed by atoms with Crippen LogP contribution in [0.25, 0.3) is 0 Å². The lowest BCUT2D eigenvalue weighted by molar-refractivity contribution is 0.0583. The van der Waals surface area contributed by atoms with Crippen LogP contribution in [-0.4, -0.2) is 29.2 Å². The van der Waals surface area contributed by atoms with Crippen LogP contribution in [0.4, 0.5) is 5.82 Å². The van der Waals surface area contributed by atoms with Gasteiger partial charge < -0.3 is 10.1 Å². The summed E-state index contributed by atoms with van der Waals surface area (Å²) >= 11 is 0. The number of aryl methyl sites for hydroxylation is 1. The van der Waals surface area contributed by atoms with Crippen LogP contribution in [-0.2, 0) is 4.74 Å². The summed E-state index contributed by atoms with van der Waals surface area (Å²) in [7, 11) is 0. The first-order chi connectivity index (χ1) is 8.77. The molecule has 0 aliphatic heterocycles. The van der Waals surface area contributed by atoms with Crippen LogP contribution in [0.2, 0.25) is 0 Å². The Morgan fingerprint density at radius 2 is 2.06 bits per heavy atom. The van der Waals surface area contributed by atoms with Crippen LogP contribution in [0.3, 0.4) is 0 Å². The molecule has 1 fully saturated rings. The van der Waals surface area contributed by atoms with Gasteiger partial charge in [-0.1, -0.05) is 12.8 Å². The van der Waals surface area contributed by atoms with Crippen molar-refractivity contribution in [3.63, 3.8) is 0 Å². The normalized spacial score (nSPS) is 16.1. The van der Waals surface area contributed by atoms with Crippen molar-refractivity contribution in [2.75, 3.05) is 18.5 Å². The zero-order valence-electron chi connectivity index (χ0n) is 11.4. The molecule has 1 aromatic heterocycles. The van der Waals surface area contributed by atoms with Crippen LogP contribution < -0.4 is 5.32 Å². The minimum absolute atomic E-state index is 0.521. The van der Waals surface area contributed by atoms with Gasteiger partial charge in [-0.3, -0.25) is 0 Å². The molecule has 1 aromatic rings. The molecule has 0 spiro atoms. The van der Waals surface area contributed by atoms with E-state index in [2.05, 4.69) is 15.3 Å². The average molecular weight is 249 g/mol. The van der Waals surface area contributed by atoms with Gasteiger partial charge in [0.25, 0.3) is 0 Å². The largest absolute Gasteiger partial charge is 0.378 e. The third kappa shape index (κ3) is 3.67. The van der Waals surface area contributed by atoms with Crippen LogP contribution >= 0.6 is 0 Å². The minimum atomic E-state index is 0.521. The predicted octanol–water partition coefficient (Wildman–Crippen LogP) is 2.85. The van der Waals surface area contributed by atoms with E-state index < -0.39 is 0 Å². The molecule has 0 radical (unpaired) electrons. The molecule has 1 aliphatic rings. The number of nitrogens with zero attached hydrogens (tertiary/aromatic N) is 2. The maximum absolute atomic E-state index is 5.82. The van der Waals surface area contributed by atoms with Gasteiger partial charge in [0.05, 0.1) is 6.10 Å². The van der Waals surface area contributed by atoms with Crippen molar-refractivity contribution in [1.82, 2.24) is 9.97 Å². The fourth-order valence-electron chi connectivity index (χ4n) is 2.30. The van der Waals surface area contributed by atoms with Crippen molar-refractivity contribution in [3.8, 4) is 0 Å². The van der Waals surface area contributed by atoms with Gasteiger partial charge in [0.2, 0.25) is 0 Å². The van der Waals surface area contributed by atoms with Crippen LogP contribution in [0.1, 0.15) is 43.4 Å².